The number of unbranched alkanes of at least 4 members (excludes halogenated alkanes) is 2. The Morgan fingerprint density at radius 2 is 2.11 bits per heavy atom. The van der Waals surface area contributed by atoms with Crippen molar-refractivity contribution in [3.8, 4) is 0 Å². The lowest BCUT2D eigenvalue weighted by Crippen LogP contribution is -2.21. The SMILES string of the molecule is CCCC[C@@H](O)C/C=C/[C@@H]1[C@H]2CC(CCCCC(=O)N(C)C)=C[C@H]2C[C@H]1O. The largest absolute Gasteiger partial charge is 0.393 e. The Hall–Kier alpha value is -1.13. The van der Waals surface area contributed by atoms with Crippen LogP contribution in [-0.2, 0) is 4.79 Å². The Morgan fingerprint density at radius 1 is 1.33 bits per heavy atom. The summed E-state index contributed by atoms with van der Waals surface area (Å²) in [4.78, 5) is 13.3. The molecular formula is C23H39NO3. The lowest BCUT2D eigenvalue weighted by Gasteiger charge is -2.18. The molecule has 1 saturated carbocycles. The van der Waals surface area contributed by atoms with E-state index in [4.69, 9.17) is 0 Å². The van der Waals surface area contributed by atoms with E-state index in [2.05, 4.69) is 25.2 Å². The van der Waals surface area contributed by atoms with Crippen molar-refractivity contribution in [2.75, 3.05) is 14.1 Å². The summed E-state index contributed by atoms with van der Waals surface area (Å²) in [5.41, 5.74) is 1.51. The number of carbonyl (C=O) groups is 1. The number of aliphatic hydroxyl groups excluding tert-OH is 2. The fourth-order valence-corrected chi connectivity index (χ4v) is 4.59. The molecule has 27 heavy (non-hydrogen) atoms. The lowest BCUT2D eigenvalue weighted by molar-refractivity contribution is -0.128. The number of fused-ring (bicyclic) bond motifs is 1. The lowest BCUT2D eigenvalue weighted by atomic mass is 9.88. The van der Waals surface area contributed by atoms with Crippen molar-refractivity contribution in [1.29, 1.82) is 0 Å². The van der Waals surface area contributed by atoms with Gasteiger partial charge in [-0.2, -0.15) is 0 Å². The van der Waals surface area contributed by atoms with Gasteiger partial charge in [0, 0.05) is 26.4 Å². The first kappa shape index (κ1) is 22.2. The van der Waals surface area contributed by atoms with Crippen LogP contribution in [0.25, 0.3) is 0 Å². The van der Waals surface area contributed by atoms with Gasteiger partial charge in [-0.05, 0) is 56.8 Å². The molecule has 2 aliphatic carbocycles. The number of hydrogen-bond acceptors (Lipinski definition) is 3. The first-order chi connectivity index (χ1) is 12.9. The average Bonchev–Trinajstić information content (AvgIpc) is 3.14. The molecule has 4 nitrogen and oxygen atoms in total. The Bertz CT molecular complexity index is 526. The second kappa shape index (κ2) is 11.0. The van der Waals surface area contributed by atoms with Crippen molar-refractivity contribution < 1.29 is 15.0 Å². The summed E-state index contributed by atoms with van der Waals surface area (Å²) in [5, 5.41) is 20.4. The van der Waals surface area contributed by atoms with Crippen LogP contribution in [0.4, 0.5) is 0 Å². The van der Waals surface area contributed by atoms with Gasteiger partial charge in [0.25, 0.3) is 0 Å². The van der Waals surface area contributed by atoms with Crippen molar-refractivity contribution in [3.63, 3.8) is 0 Å². The van der Waals surface area contributed by atoms with Crippen LogP contribution in [0.2, 0.25) is 0 Å². The highest BCUT2D eigenvalue weighted by molar-refractivity contribution is 5.75. The van der Waals surface area contributed by atoms with Crippen molar-refractivity contribution in [3.05, 3.63) is 23.8 Å². The molecule has 154 valence electrons. The predicted octanol–water partition coefficient (Wildman–Crippen LogP) is 4.08. The molecule has 0 heterocycles. The maximum absolute atomic E-state index is 11.6. The molecule has 0 spiro atoms. The summed E-state index contributed by atoms with van der Waals surface area (Å²) in [5.74, 6) is 1.44. The van der Waals surface area contributed by atoms with E-state index >= 15 is 0 Å². The smallest absolute Gasteiger partial charge is 0.222 e. The van der Waals surface area contributed by atoms with Gasteiger partial charge in [0.15, 0.2) is 0 Å². The highest BCUT2D eigenvalue weighted by Crippen LogP contribution is 2.48. The third-order valence-corrected chi connectivity index (χ3v) is 6.24. The third kappa shape index (κ3) is 6.76. The molecule has 0 bridgehead atoms. The first-order valence-corrected chi connectivity index (χ1v) is 10.8. The van der Waals surface area contributed by atoms with Crippen LogP contribution in [0.1, 0.15) is 71.1 Å². The van der Waals surface area contributed by atoms with Gasteiger partial charge in [-0.15, -0.1) is 0 Å². The van der Waals surface area contributed by atoms with Gasteiger partial charge < -0.3 is 15.1 Å². The Kier molecular flexibility index (Phi) is 9.04. The fraction of sp³-hybridized carbons (Fsp3) is 0.783. The van der Waals surface area contributed by atoms with E-state index < -0.39 is 0 Å². The molecular weight excluding hydrogens is 338 g/mol. The average molecular weight is 378 g/mol. The predicted molar refractivity (Wildman–Crippen MR) is 110 cm³/mol. The van der Waals surface area contributed by atoms with E-state index in [1.54, 1.807) is 4.90 Å². The topological polar surface area (TPSA) is 60.8 Å². The molecule has 0 unspecified atom stereocenters. The summed E-state index contributed by atoms with van der Waals surface area (Å²) in [6.07, 6.45) is 15.6. The molecule has 1 fully saturated rings. The standard InChI is InChI=1S/C23H39NO3/c1-4-5-10-19(25)11-8-12-20-21-15-17(14-18(21)16-22(20)26)9-6-7-13-23(27)24(2)3/h8,12,14,18-22,25-26H,4-7,9-11,13,15-16H2,1-3H3/b12-8+/t18-,19+,20+,21-,22+/m0/s1. The number of hydrogen-bond donors (Lipinski definition) is 2. The van der Waals surface area contributed by atoms with Crippen molar-refractivity contribution in [1.82, 2.24) is 4.90 Å². The molecule has 1 amide bonds. The molecule has 5 atom stereocenters. The molecule has 0 aliphatic heterocycles. The van der Waals surface area contributed by atoms with Gasteiger partial charge in [0.05, 0.1) is 12.2 Å². The summed E-state index contributed by atoms with van der Waals surface area (Å²) in [7, 11) is 3.62. The third-order valence-electron chi connectivity index (χ3n) is 6.24. The van der Waals surface area contributed by atoms with Gasteiger partial charge in [-0.25, -0.2) is 0 Å². The molecule has 0 aromatic carbocycles. The molecule has 0 radical (unpaired) electrons. The number of nitrogens with zero attached hydrogens (tertiary/aromatic N) is 1. The van der Waals surface area contributed by atoms with E-state index in [9.17, 15) is 15.0 Å². The molecule has 2 N–H and O–H groups in total. The van der Waals surface area contributed by atoms with Crippen molar-refractivity contribution in [2.45, 2.75) is 83.3 Å². The van der Waals surface area contributed by atoms with Gasteiger partial charge in [-0.3, -0.25) is 4.79 Å². The second-order valence-electron chi connectivity index (χ2n) is 8.69. The number of carbonyl (C=O) groups excluding carboxylic acids is 1. The Balaban J connectivity index is 1.74. The van der Waals surface area contributed by atoms with E-state index in [0.29, 0.717) is 24.7 Å². The van der Waals surface area contributed by atoms with Crippen molar-refractivity contribution >= 4 is 5.91 Å². The zero-order valence-electron chi connectivity index (χ0n) is 17.4. The maximum Gasteiger partial charge on any atom is 0.222 e. The van der Waals surface area contributed by atoms with E-state index in [0.717, 1.165) is 51.4 Å². The van der Waals surface area contributed by atoms with E-state index in [-0.39, 0.29) is 24.0 Å². The number of allylic oxidation sites excluding steroid dienone is 2. The number of amides is 1. The molecule has 0 aromatic heterocycles. The highest BCUT2D eigenvalue weighted by atomic mass is 16.3. The van der Waals surface area contributed by atoms with Crippen molar-refractivity contribution in [2.24, 2.45) is 17.8 Å². The maximum atomic E-state index is 11.6. The minimum absolute atomic E-state index is 0.210. The van der Waals surface area contributed by atoms with Crippen LogP contribution in [0.3, 0.4) is 0 Å². The monoisotopic (exact) mass is 377 g/mol. The summed E-state index contributed by atoms with van der Waals surface area (Å²) in [6, 6.07) is 0. The zero-order chi connectivity index (χ0) is 19.8. The molecule has 0 saturated heterocycles. The molecule has 4 heteroatoms. The Labute approximate surface area is 165 Å². The van der Waals surface area contributed by atoms with Gasteiger partial charge >= 0.3 is 0 Å². The molecule has 2 aliphatic rings. The van der Waals surface area contributed by atoms with Crippen LogP contribution >= 0.6 is 0 Å². The van der Waals surface area contributed by atoms with Gasteiger partial charge in [0.2, 0.25) is 5.91 Å². The summed E-state index contributed by atoms with van der Waals surface area (Å²) >= 11 is 0. The van der Waals surface area contributed by atoms with Crippen LogP contribution in [0.15, 0.2) is 23.8 Å². The number of aliphatic hydroxyl groups is 2. The quantitative estimate of drug-likeness (QED) is 0.421. The van der Waals surface area contributed by atoms with E-state index in [1.165, 1.54) is 5.57 Å². The summed E-state index contributed by atoms with van der Waals surface area (Å²) < 4.78 is 0. The van der Waals surface area contributed by atoms with Crippen LogP contribution < -0.4 is 0 Å². The van der Waals surface area contributed by atoms with Crippen LogP contribution in [0.5, 0.6) is 0 Å². The second-order valence-corrected chi connectivity index (χ2v) is 8.69. The number of rotatable bonds is 11. The van der Waals surface area contributed by atoms with Gasteiger partial charge in [-0.1, -0.05) is 43.6 Å². The molecule has 0 aromatic rings. The normalized spacial score (nSPS) is 28.4. The fourth-order valence-electron chi connectivity index (χ4n) is 4.59. The first-order valence-electron chi connectivity index (χ1n) is 10.8. The minimum atomic E-state index is -0.252. The van der Waals surface area contributed by atoms with E-state index in [1.807, 2.05) is 14.1 Å². The molecule has 2 rings (SSSR count). The van der Waals surface area contributed by atoms with Crippen LogP contribution in [0, 0.1) is 17.8 Å². The van der Waals surface area contributed by atoms with Crippen LogP contribution in [-0.4, -0.2) is 47.3 Å². The zero-order valence-corrected chi connectivity index (χ0v) is 17.4. The summed E-state index contributed by atoms with van der Waals surface area (Å²) in [6.45, 7) is 2.14. The Morgan fingerprint density at radius 3 is 2.81 bits per heavy atom. The highest BCUT2D eigenvalue weighted by Gasteiger charge is 2.43. The van der Waals surface area contributed by atoms with Gasteiger partial charge in [0.1, 0.15) is 0 Å². The minimum Gasteiger partial charge on any atom is -0.393 e.